The normalized spacial score (nSPS) is 15.7. The smallest absolute Gasteiger partial charge is 0.272 e. The number of rotatable bonds is 2. The molecule has 0 fully saturated rings. The molecule has 2 aliphatic carbocycles. The molecule has 0 saturated carbocycles. The maximum Gasteiger partial charge on any atom is 2.00 e. The molecule has 0 aromatic rings. The zero-order valence-corrected chi connectivity index (χ0v) is 20.4. The minimum absolute atomic E-state index is 0. The second kappa shape index (κ2) is 11.9. The van der Waals surface area contributed by atoms with Crippen LogP contribution >= 0.6 is 47.0 Å². The fourth-order valence-electron chi connectivity index (χ4n) is 1.63. The van der Waals surface area contributed by atoms with E-state index in [9.17, 15) is 0 Å². The zero-order valence-electron chi connectivity index (χ0n) is 12.8. The summed E-state index contributed by atoms with van der Waals surface area (Å²) in [6, 6.07) is 0. The molecule has 0 aromatic carbocycles. The van der Waals surface area contributed by atoms with E-state index in [1.54, 1.807) is 0 Å². The average Bonchev–Trinajstić information content (AvgIpc) is 2.91. The van der Waals surface area contributed by atoms with Gasteiger partial charge in [0.1, 0.15) is 14.8 Å². The molecule has 2 aliphatic rings. The summed E-state index contributed by atoms with van der Waals surface area (Å²) in [5, 5.41) is 2.51. The van der Waals surface area contributed by atoms with Crippen LogP contribution in [-0.4, -0.2) is 14.8 Å². The summed E-state index contributed by atoms with van der Waals surface area (Å²) >= 11 is 12.3. The van der Waals surface area contributed by atoms with Crippen LogP contribution in [0.2, 0.25) is 26.2 Å². The first-order valence-electron chi connectivity index (χ1n) is 6.15. The number of hydrogen-bond acceptors (Lipinski definition) is 0. The van der Waals surface area contributed by atoms with Crippen molar-refractivity contribution in [3.8, 4) is 0 Å². The van der Waals surface area contributed by atoms with Gasteiger partial charge in [-0.25, -0.2) is 22.5 Å². The Kier molecular flexibility index (Phi) is 15.5. The minimum Gasteiger partial charge on any atom is -0.272 e. The summed E-state index contributed by atoms with van der Waals surface area (Å²) in [7, 11) is -3.07. The van der Waals surface area contributed by atoms with Crippen molar-refractivity contribution < 1.29 is 26.2 Å². The molecule has 0 radical (unpaired) electrons. The van der Waals surface area contributed by atoms with Crippen molar-refractivity contribution in [2.75, 3.05) is 0 Å². The van der Waals surface area contributed by atoms with Gasteiger partial charge in [-0.1, -0.05) is 26.2 Å². The van der Waals surface area contributed by atoms with Gasteiger partial charge in [0.25, 0.3) is 0 Å². The van der Waals surface area contributed by atoms with Crippen molar-refractivity contribution in [2.24, 2.45) is 0 Å². The van der Waals surface area contributed by atoms with Gasteiger partial charge in [-0.2, -0.15) is 34.3 Å². The van der Waals surface area contributed by atoms with Gasteiger partial charge in [-0.15, -0.1) is 37.7 Å². The molecule has 0 bridgehead atoms. The maximum absolute atomic E-state index is 6.13. The van der Waals surface area contributed by atoms with Gasteiger partial charge in [0, 0.05) is 0 Å². The summed E-state index contributed by atoms with van der Waals surface area (Å²) in [5.41, 5.74) is 0. The summed E-state index contributed by atoms with van der Waals surface area (Å²) in [4.78, 5) is 0. The molecular formula is C14H22Cl4Si2Zr. The van der Waals surface area contributed by atoms with Gasteiger partial charge in [-0.05, 0) is 0 Å². The van der Waals surface area contributed by atoms with E-state index in [0.717, 1.165) is 12.8 Å². The Bertz CT molecular complexity index is 376. The Morgan fingerprint density at radius 2 is 1.10 bits per heavy atom. The van der Waals surface area contributed by atoms with E-state index >= 15 is 0 Å². The van der Waals surface area contributed by atoms with Crippen molar-refractivity contribution in [3.05, 3.63) is 46.8 Å². The molecular weight excluding hydrogens is 457 g/mol. The van der Waals surface area contributed by atoms with Crippen molar-refractivity contribution in [1.82, 2.24) is 0 Å². The number of halogens is 4. The van der Waals surface area contributed by atoms with Crippen LogP contribution in [0.4, 0.5) is 0 Å². The Morgan fingerprint density at radius 3 is 1.19 bits per heavy atom. The molecule has 0 aromatic heterocycles. The Balaban J connectivity index is -0.000000270. The molecule has 0 N–H and O–H groups in total. The second-order valence-corrected chi connectivity index (χ2v) is 18.0. The first-order valence-corrected chi connectivity index (χ1v) is 14.2. The molecule has 7 heteroatoms. The van der Waals surface area contributed by atoms with E-state index in [4.69, 9.17) is 22.2 Å². The monoisotopic (exact) mass is 476 g/mol. The van der Waals surface area contributed by atoms with Crippen LogP contribution in [0.15, 0.2) is 34.7 Å². The van der Waals surface area contributed by atoms with E-state index in [1.807, 2.05) is 0 Å². The van der Waals surface area contributed by atoms with Gasteiger partial charge in [0.05, 0.1) is 0 Å². The van der Waals surface area contributed by atoms with Gasteiger partial charge in [-0.3, -0.25) is 12.2 Å². The summed E-state index contributed by atoms with van der Waals surface area (Å²) in [5.74, 6) is 0. The SMILES string of the molecule is C[Si](C)(Cl)C1=[C-]CC=C1.C[Si](C)(Cl)C1=[C-]CC=C1.Cl.Cl.[Zr+2]. The van der Waals surface area contributed by atoms with Crippen LogP contribution in [0.25, 0.3) is 0 Å². The van der Waals surface area contributed by atoms with Crippen LogP contribution in [-0.2, 0) is 26.2 Å². The van der Waals surface area contributed by atoms with Gasteiger partial charge < -0.3 is 0 Å². The third-order valence-electron chi connectivity index (χ3n) is 2.67. The molecule has 0 unspecified atom stereocenters. The van der Waals surface area contributed by atoms with Crippen LogP contribution in [0, 0.1) is 12.2 Å². The molecule has 0 atom stereocenters. The van der Waals surface area contributed by atoms with E-state index in [2.05, 4.69) is 62.6 Å². The Labute approximate surface area is 172 Å². The molecule has 0 nitrogen and oxygen atoms in total. The predicted molar refractivity (Wildman–Crippen MR) is 102 cm³/mol. The van der Waals surface area contributed by atoms with Gasteiger partial charge in [0.2, 0.25) is 0 Å². The van der Waals surface area contributed by atoms with Gasteiger partial charge in [0.15, 0.2) is 0 Å². The molecule has 0 aliphatic heterocycles. The fraction of sp³-hybridized carbons (Fsp3) is 0.429. The Morgan fingerprint density at radius 1 is 0.810 bits per heavy atom. The first-order chi connectivity index (χ1) is 8.21. The average molecular weight is 480 g/mol. The second-order valence-electron chi connectivity index (χ2n) is 5.34. The third-order valence-corrected chi connectivity index (χ3v) is 7.14. The van der Waals surface area contributed by atoms with E-state index in [0.29, 0.717) is 0 Å². The summed E-state index contributed by atoms with van der Waals surface area (Å²) in [6.45, 7) is 8.47. The zero-order chi connectivity index (χ0) is 13.8. The van der Waals surface area contributed by atoms with E-state index in [1.165, 1.54) is 10.4 Å². The number of allylic oxidation sites excluding steroid dienone is 8. The summed E-state index contributed by atoms with van der Waals surface area (Å²) in [6.07, 6.45) is 16.8. The van der Waals surface area contributed by atoms with Crippen LogP contribution < -0.4 is 0 Å². The minimum atomic E-state index is -1.53. The molecule has 21 heavy (non-hydrogen) atoms. The predicted octanol–water partition coefficient (Wildman–Crippen LogP) is 6.16. The van der Waals surface area contributed by atoms with Crippen LogP contribution in [0.1, 0.15) is 12.8 Å². The first kappa shape index (κ1) is 27.3. The van der Waals surface area contributed by atoms with Gasteiger partial charge >= 0.3 is 26.2 Å². The fourth-order valence-corrected chi connectivity index (χ4v) is 4.48. The summed E-state index contributed by atoms with van der Waals surface area (Å²) < 4.78 is 0. The van der Waals surface area contributed by atoms with Crippen LogP contribution in [0.3, 0.4) is 0 Å². The van der Waals surface area contributed by atoms with Crippen molar-refractivity contribution in [1.29, 1.82) is 0 Å². The molecule has 0 amide bonds. The molecule has 0 spiro atoms. The molecule has 118 valence electrons. The quantitative estimate of drug-likeness (QED) is 0.253. The maximum atomic E-state index is 6.13. The standard InChI is InChI=1S/2C7H10ClSi.2ClH.Zr/c2*1-9(2,8)7-5-3-4-6-7;;;/h2*3,5H,4H2,1-2H3;2*1H;/q2*-1;;;+2. The topological polar surface area (TPSA) is 0 Å². The molecule has 0 heterocycles. The molecule has 0 saturated heterocycles. The third kappa shape index (κ3) is 10.8. The van der Waals surface area contributed by atoms with Crippen molar-refractivity contribution in [3.63, 3.8) is 0 Å². The van der Waals surface area contributed by atoms with Crippen LogP contribution in [0.5, 0.6) is 0 Å². The van der Waals surface area contributed by atoms with Crippen molar-refractivity contribution >= 4 is 61.7 Å². The Hall–Kier alpha value is 1.44. The van der Waals surface area contributed by atoms with E-state index < -0.39 is 14.8 Å². The van der Waals surface area contributed by atoms with E-state index in [-0.39, 0.29) is 51.0 Å². The molecule has 2 rings (SSSR count). The largest absolute Gasteiger partial charge is 2.00 e. The number of hydrogen-bond donors (Lipinski definition) is 0. The van der Waals surface area contributed by atoms with Crippen molar-refractivity contribution in [2.45, 2.75) is 39.0 Å².